The van der Waals surface area contributed by atoms with Gasteiger partial charge in [-0.1, -0.05) is 44.2 Å². The Morgan fingerprint density at radius 2 is 1.28 bits per heavy atom. The Bertz CT molecular complexity index is 3620. The molecule has 2 aliphatic rings. The first-order valence-electron chi connectivity index (χ1n) is 32.2. The normalized spacial score (nSPS) is 16.3. The molecule has 0 unspecified atom stereocenters. The van der Waals surface area contributed by atoms with Gasteiger partial charge >= 0.3 is 24.1 Å². The van der Waals surface area contributed by atoms with Crippen LogP contribution in [0.5, 0.6) is 5.75 Å². The van der Waals surface area contributed by atoms with E-state index in [1.807, 2.05) is 5.43 Å². The number of hydrogen-bond acceptors (Lipinski definition) is 19. The number of urea groups is 1. The van der Waals surface area contributed by atoms with Crippen LogP contribution in [0.4, 0.5) is 18.0 Å². The van der Waals surface area contributed by atoms with Gasteiger partial charge in [-0.15, -0.1) is 0 Å². The lowest BCUT2D eigenvalue weighted by Crippen LogP contribution is -2.62. The number of primary amides is 1. The molecule has 9 atom stereocenters. The summed E-state index contributed by atoms with van der Waals surface area (Å²) in [5.41, 5.74) is 21.4. The van der Waals surface area contributed by atoms with Crippen LogP contribution in [0.25, 0.3) is 10.9 Å². The number of halogens is 3. The van der Waals surface area contributed by atoms with E-state index in [0.29, 0.717) is 34.1 Å². The summed E-state index contributed by atoms with van der Waals surface area (Å²) >= 11 is 0. The van der Waals surface area contributed by atoms with E-state index in [-0.39, 0.29) is 94.4 Å². The number of para-hydroxylation sites is 1. The van der Waals surface area contributed by atoms with Crippen molar-refractivity contribution >= 4 is 93.9 Å². The molecule has 6 rings (SSSR count). The van der Waals surface area contributed by atoms with E-state index in [4.69, 9.17) is 36.6 Å². The lowest BCUT2D eigenvalue weighted by Gasteiger charge is -2.31. The zero-order chi connectivity index (χ0) is 75.6. The SMILES string of the molecule is CC(C)C[C@H](NC(=O)[C@@H](COC(C)(C)C)NC(=O)[C@H](Cc1ccc(O)cc1)NC(=O)[C@H](COC(=O)CO)NC(=O)[C@H](Cc1c[nH]c2ccccc12)NC(=O)[C@H](Cc1cnc[nH]1)NC(=O)[C@@H]1CCC(=O)N1)C(=O)N[C@@H](CCCN=C(N)N)C(=O)N1CCC[C@H]1C(=O)NNC(N)=O.O=C(O)C(F)(F)F. The lowest BCUT2D eigenvalue weighted by molar-refractivity contribution is -0.192. The molecule has 102 heavy (non-hydrogen) atoms. The number of nitrogens with one attached hydrogen (secondary N) is 12. The number of carboxylic acids is 1. The molecule has 0 saturated carbocycles. The molecular weight excluding hydrogens is 1350 g/mol. The second-order valence-corrected chi connectivity index (χ2v) is 25.1. The van der Waals surface area contributed by atoms with Crippen LogP contribution in [0.1, 0.15) is 96.4 Å². The predicted molar refractivity (Wildman–Crippen MR) is 353 cm³/mol. The molecule has 4 aromatic rings. The van der Waals surface area contributed by atoms with E-state index in [2.05, 4.69) is 67.9 Å². The Labute approximate surface area is 581 Å². The molecule has 0 bridgehead atoms. The van der Waals surface area contributed by atoms with Crippen LogP contribution in [-0.2, 0) is 86.3 Å². The fourth-order valence-electron chi connectivity index (χ4n) is 10.4. The van der Waals surface area contributed by atoms with Gasteiger partial charge in [0.25, 0.3) is 5.91 Å². The maximum Gasteiger partial charge on any atom is 0.490 e. The number of phenols is 1. The number of likely N-dealkylation sites (tertiary alicyclic amines) is 1. The van der Waals surface area contributed by atoms with Gasteiger partial charge in [0, 0.05) is 67.8 Å². The average Bonchev–Trinajstić information content (AvgIpc) is 1.64. The zero-order valence-electron chi connectivity index (χ0n) is 56.4. The second kappa shape index (κ2) is 38.5. The summed E-state index contributed by atoms with van der Waals surface area (Å²) in [6.45, 7) is 6.04. The summed E-state index contributed by atoms with van der Waals surface area (Å²) < 4.78 is 43.0. The molecule has 2 aliphatic heterocycles. The van der Waals surface area contributed by atoms with Gasteiger partial charge in [-0.25, -0.2) is 24.8 Å². The minimum atomic E-state index is -5.08. The van der Waals surface area contributed by atoms with Crippen molar-refractivity contribution in [1.29, 1.82) is 0 Å². The third-order valence-corrected chi connectivity index (χ3v) is 15.4. The molecule has 12 amide bonds. The van der Waals surface area contributed by atoms with E-state index in [0.717, 1.165) is 0 Å². The number of aliphatic hydroxyl groups is 1. The number of aliphatic hydroxyl groups excluding tert-OH is 1. The van der Waals surface area contributed by atoms with E-state index in [1.165, 1.54) is 41.7 Å². The van der Waals surface area contributed by atoms with Crippen LogP contribution in [0.3, 0.4) is 0 Å². The number of aromatic hydroxyl groups is 1. The summed E-state index contributed by atoms with van der Waals surface area (Å²) in [7, 11) is 0. The van der Waals surface area contributed by atoms with Crippen LogP contribution in [-0.4, -0.2) is 217 Å². The number of carboxylic acid groups (broad SMARTS) is 1. The fraction of sp³-hybridized carbons (Fsp3) is 0.508. The average molecular weight is 1440 g/mol. The highest BCUT2D eigenvalue weighted by Gasteiger charge is 2.41. The quantitative estimate of drug-likeness (QED) is 0.00746. The summed E-state index contributed by atoms with van der Waals surface area (Å²) in [6, 6.07) is -1.44. The van der Waals surface area contributed by atoms with Crippen molar-refractivity contribution in [2.24, 2.45) is 28.1 Å². The number of imidazole rings is 1. The van der Waals surface area contributed by atoms with Crippen molar-refractivity contribution in [2.45, 2.75) is 165 Å². The van der Waals surface area contributed by atoms with Crippen molar-refractivity contribution < 1.29 is 100 Å². The van der Waals surface area contributed by atoms with Crippen molar-refractivity contribution in [1.82, 2.24) is 73.2 Å². The molecule has 4 heterocycles. The molecule has 21 N–H and O–H groups in total. The number of alkyl halides is 3. The van der Waals surface area contributed by atoms with Gasteiger partial charge in [-0.3, -0.25) is 58.4 Å². The molecule has 39 heteroatoms. The van der Waals surface area contributed by atoms with Gasteiger partial charge in [0.2, 0.25) is 53.2 Å². The largest absolute Gasteiger partial charge is 0.508 e. The number of guanidine groups is 1. The molecule has 36 nitrogen and oxygen atoms in total. The number of ether oxygens (including phenoxy) is 2. The van der Waals surface area contributed by atoms with Crippen LogP contribution < -0.4 is 70.6 Å². The minimum absolute atomic E-state index is 0.0235. The molecule has 0 spiro atoms. The molecule has 0 aliphatic carbocycles. The number of rotatable bonds is 33. The number of hydrazine groups is 1. The first kappa shape index (κ1) is 81.6. The summed E-state index contributed by atoms with van der Waals surface area (Å²) in [6.07, 6.45) is -0.567. The molecule has 2 aromatic heterocycles. The topological polar surface area (TPSA) is 559 Å². The highest BCUT2D eigenvalue weighted by Crippen LogP contribution is 2.23. The Morgan fingerprint density at radius 3 is 1.84 bits per heavy atom. The standard InChI is InChI=1S/C61H86N18O16.C2HF3O2/c1-32(2)22-41(51(85)70-40(12-8-20-66-59(62)63)58(92)79-21-9-13-47(79)57(91)77-78-60(64)93)71-56(90)46(30-95-61(3,4)5)76-52(86)42(23-33-14-16-36(81)17-15-33)72-55(89)45(29-94-49(83)28-80)75-53(87)43(24-34-26-67-38-11-7-6-10-37(34)38)73-54(88)44(25-35-27-65-31-68-35)74-50(84)39-18-19-48(82)69-39;3-2(4,5)1(6)7/h6-7,10-11,14-17,26-27,31-32,39-47,67,80-81H,8-9,12-13,18-25,28-30H2,1-5H3,(H,65,68)(H,69,82)(H,70,85)(H,71,90)(H,72,89)(H,73,88)(H,74,84)(H,75,87)(H,76,86)(H,77,91)(H4,62,63,66)(H3,64,78,93);(H,6,7)/t39-,40-,41-,42-,43-,44-,45-,46+,47-;/m0./s1. The molecule has 2 saturated heterocycles. The predicted octanol–water partition coefficient (Wildman–Crippen LogP) is -2.93. The van der Waals surface area contributed by atoms with Crippen LogP contribution in [0.2, 0.25) is 0 Å². The van der Waals surface area contributed by atoms with Crippen molar-refractivity contribution in [3.8, 4) is 5.75 Å². The number of aliphatic carboxylic acids is 1. The molecule has 558 valence electrons. The number of nitrogens with zero attached hydrogens (tertiary/aromatic N) is 3. The Hall–Kier alpha value is -11.1. The number of nitrogens with two attached hydrogens (primary N) is 3. The number of aliphatic imine (C=N–C) groups is 1. The number of esters is 1. The number of H-pyrrole nitrogens is 2. The van der Waals surface area contributed by atoms with Crippen molar-refractivity contribution in [2.75, 3.05) is 32.9 Å². The van der Waals surface area contributed by atoms with E-state index >= 15 is 0 Å². The van der Waals surface area contributed by atoms with Crippen LogP contribution in [0.15, 0.2) is 72.2 Å². The summed E-state index contributed by atoms with van der Waals surface area (Å²) in [5, 5.41) is 48.7. The number of carbonyl (C=O) groups excluding carboxylic acids is 12. The molecular formula is C63H87F3N18O18. The fourth-order valence-corrected chi connectivity index (χ4v) is 10.4. The number of aromatic amines is 2. The lowest BCUT2D eigenvalue weighted by atomic mass is 10.0. The first-order chi connectivity index (χ1) is 48.0. The van der Waals surface area contributed by atoms with E-state index in [1.54, 1.807) is 65.1 Å². The number of hydrogen-bond donors (Lipinski definition) is 18. The second-order valence-electron chi connectivity index (χ2n) is 25.1. The van der Waals surface area contributed by atoms with Crippen molar-refractivity contribution in [3.05, 3.63) is 84.1 Å². The summed E-state index contributed by atoms with van der Waals surface area (Å²) in [4.78, 5) is 190. The third-order valence-electron chi connectivity index (χ3n) is 15.4. The maximum absolute atomic E-state index is 14.9. The van der Waals surface area contributed by atoms with Gasteiger partial charge in [-0.05, 0) is 94.5 Å². The molecule has 2 aromatic carbocycles. The highest BCUT2D eigenvalue weighted by atomic mass is 19.4. The maximum atomic E-state index is 14.9. The number of amides is 12. The number of benzene rings is 2. The Balaban J connectivity index is 0.00000253. The third kappa shape index (κ3) is 26.9. The number of fused-ring (bicyclic) bond motifs is 1. The van der Waals surface area contributed by atoms with Crippen LogP contribution in [0, 0.1) is 5.92 Å². The first-order valence-corrected chi connectivity index (χ1v) is 32.2. The zero-order valence-corrected chi connectivity index (χ0v) is 56.4. The number of phenolic OH excluding ortho intramolecular Hbond substituents is 1. The number of aromatic nitrogens is 3. The van der Waals surface area contributed by atoms with Crippen molar-refractivity contribution in [3.63, 3.8) is 0 Å². The van der Waals surface area contributed by atoms with E-state index < -0.39 is 157 Å². The highest BCUT2D eigenvalue weighted by molar-refractivity contribution is 6.00. The number of carbonyl (C=O) groups is 13. The van der Waals surface area contributed by atoms with Gasteiger partial charge < -0.3 is 99.4 Å². The van der Waals surface area contributed by atoms with E-state index in [9.17, 15) is 80.9 Å². The summed E-state index contributed by atoms with van der Waals surface area (Å²) in [5.74, 6) is -13.0. The van der Waals surface area contributed by atoms with Crippen LogP contribution >= 0.6 is 0 Å². The molecule has 2 fully saturated rings. The van der Waals surface area contributed by atoms with Gasteiger partial charge in [-0.2, -0.15) is 13.2 Å². The smallest absolute Gasteiger partial charge is 0.490 e. The van der Waals surface area contributed by atoms with Gasteiger partial charge in [0.05, 0.1) is 18.5 Å². The Kier molecular flexibility index (Phi) is 30.7. The van der Waals surface area contributed by atoms with Gasteiger partial charge in [0.15, 0.2) is 5.96 Å². The Morgan fingerprint density at radius 1 is 0.716 bits per heavy atom. The van der Waals surface area contributed by atoms with Gasteiger partial charge in [0.1, 0.15) is 73.3 Å². The molecule has 0 radical (unpaired) electrons. The minimum Gasteiger partial charge on any atom is -0.508 e. The monoisotopic (exact) mass is 1440 g/mol.